The number of benzene rings is 1. The Balaban J connectivity index is 2.66. The van der Waals surface area contributed by atoms with E-state index in [-0.39, 0.29) is 0 Å². The van der Waals surface area contributed by atoms with Gasteiger partial charge in [-0.3, -0.25) is 0 Å². The molecule has 0 saturated heterocycles. The van der Waals surface area contributed by atoms with Crippen LogP contribution in [0.2, 0.25) is 0 Å². The molecule has 0 amide bonds. The van der Waals surface area contributed by atoms with E-state index in [0.717, 1.165) is 12.8 Å². The molecule has 0 atom stereocenters. The SMILES string of the molecule is CC=C(CCCc1ccc(CC(C)(C)CCCC)cc1)C(C=CC(C)C)=CC(C)C. The van der Waals surface area contributed by atoms with Crippen LogP contribution in [-0.4, -0.2) is 0 Å². The number of hydrogen-bond donors (Lipinski definition) is 0. The van der Waals surface area contributed by atoms with Crippen LogP contribution in [0.25, 0.3) is 0 Å². The van der Waals surface area contributed by atoms with Gasteiger partial charge in [-0.05, 0) is 78.6 Å². The first-order valence-corrected chi connectivity index (χ1v) is 12.3. The van der Waals surface area contributed by atoms with Crippen LogP contribution >= 0.6 is 0 Å². The minimum absolute atomic E-state index is 0.404. The third kappa shape index (κ3) is 11.0. The zero-order chi connectivity index (χ0) is 22.6. The summed E-state index contributed by atoms with van der Waals surface area (Å²) in [6.45, 7) is 18.3. The summed E-state index contributed by atoms with van der Waals surface area (Å²) in [5, 5.41) is 0. The second-order valence-corrected chi connectivity index (χ2v) is 10.4. The average Bonchev–Trinajstić information content (AvgIpc) is 2.68. The third-order valence-electron chi connectivity index (χ3n) is 5.72. The van der Waals surface area contributed by atoms with Crippen LogP contribution in [0.4, 0.5) is 0 Å². The molecular weight excluding hydrogens is 360 g/mol. The quantitative estimate of drug-likeness (QED) is 0.285. The lowest BCUT2D eigenvalue weighted by Gasteiger charge is -2.24. The van der Waals surface area contributed by atoms with Gasteiger partial charge in [-0.25, -0.2) is 0 Å². The van der Waals surface area contributed by atoms with Crippen molar-refractivity contribution in [3.63, 3.8) is 0 Å². The molecule has 0 saturated carbocycles. The van der Waals surface area contributed by atoms with Gasteiger partial charge in [0, 0.05) is 0 Å². The first-order valence-electron chi connectivity index (χ1n) is 12.3. The number of aryl methyl sites for hydroxylation is 1. The Hall–Kier alpha value is -1.56. The summed E-state index contributed by atoms with van der Waals surface area (Å²) in [6.07, 6.45) is 18.0. The second-order valence-electron chi connectivity index (χ2n) is 10.4. The lowest BCUT2D eigenvalue weighted by Crippen LogP contribution is -2.14. The summed E-state index contributed by atoms with van der Waals surface area (Å²) in [4.78, 5) is 0. The molecule has 168 valence electrons. The highest BCUT2D eigenvalue weighted by Gasteiger charge is 2.17. The van der Waals surface area contributed by atoms with E-state index in [1.807, 2.05) is 0 Å². The van der Waals surface area contributed by atoms with Gasteiger partial charge >= 0.3 is 0 Å². The number of rotatable bonds is 13. The molecule has 1 rings (SSSR count). The zero-order valence-corrected chi connectivity index (χ0v) is 21.2. The fourth-order valence-electron chi connectivity index (χ4n) is 3.98. The van der Waals surface area contributed by atoms with Gasteiger partial charge in [-0.1, -0.05) is 110 Å². The standard InChI is InChI=1S/C30H48/c1-9-11-21-30(7,8)23-27-18-16-26(17-19-27)13-12-14-28(10-2)29(22-25(5)6)20-15-24(3)4/h10,15-20,22,24-25H,9,11-14,21,23H2,1-8H3. The molecule has 30 heavy (non-hydrogen) atoms. The lowest BCUT2D eigenvalue weighted by molar-refractivity contribution is 0.321. The summed E-state index contributed by atoms with van der Waals surface area (Å²) < 4.78 is 0. The second kappa shape index (κ2) is 13.7. The fourth-order valence-corrected chi connectivity index (χ4v) is 3.98. The van der Waals surface area contributed by atoms with Crippen molar-refractivity contribution in [2.24, 2.45) is 17.3 Å². The lowest BCUT2D eigenvalue weighted by atomic mass is 9.81. The smallest absolute Gasteiger partial charge is 0.0227 e. The van der Waals surface area contributed by atoms with Gasteiger partial charge in [0.1, 0.15) is 0 Å². The van der Waals surface area contributed by atoms with Gasteiger partial charge in [0.2, 0.25) is 0 Å². The molecule has 0 aliphatic carbocycles. The topological polar surface area (TPSA) is 0 Å². The van der Waals surface area contributed by atoms with Crippen molar-refractivity contribution in [1.29, 1.82) is 0 Å². The summed E-state index contributed by atoms with van der Waals surface area (Å²) >= 11 is 0. The van der Waals surface area contributed by atoms with Gasteiger partial charge in [-0.15, -0.1) is 0 Å². The predicted octanol–water partition coefficient (Wildman–Crippen LogP) is 9.51. The highest BCUT2D eigenvalue weighted by molar-refractivity contribution is 5.40. The predicted molar refractivity (Wildman–Crippen MR) is 137 cm³/mol. The average molecular weight is 409 g/mol. The number of unbranched alkanes of at least 4 members (excludes halogenated alkanes) is 1. The van der Waals surface area contributed by atoms with Crippen molar-refractivity contribution in [3.05, 3.63) is 70.8 Å². The number of allylic oxidation sites excluding steroid dienone is 6. The maximum absolute atomic E-state index is 2.41. The van der Waals surface area contributed by atoms with E-state index in [1.54, 1.807) is 0 Å². The molecule has 1 aromatic rings. The van der Waals surface area contributed by atoms with Crippen LogP contribution in [0, 0.1) is 17.3 Å². The van der Waals surface area contributed by atoms with E-state index in [2.05, 4.69) is 104 Å². The highest BCUT2D eigenvalue weighted by atomic mass is 14.2. The van der Waals surface area contributed by atoms with Crippen LogP contribution in [0.1, 0.15) is 98.6 Å². The van der Waals surface area contributed by atoms with E-state index in [0.29, 0.717) is 17.3 Å². The zero-order valence-electron chi connectivity index (χ0n) is 21.2. The molecular formula is C30H48. The van der Waals surface area contributed by atoms with Crippen molar-refractivity contribution >= 4 is 0 Å². The first-order chi connectivity index (χ1) is 14.2. The van der Waals surface area contributed by atoms with Crippen LogP contribution in [-0.2, 0) is 12.8 Å². The van der Waals surface area contributed by atoms with Crippen molar-refractivity contribution in [2.45, 2.75) is 100 Å². The van der Waals surface area contributed by atoms with Gasteiger partial charge in [0.15, 0.2) is 0 Å². The highest BCUT2D eigenvalue weighted by Crippen LogP contribution is 2.28. The van der Waals surface area contributed by atoms with Gasteiger partial charge in [0.25, 0.3) is 0 Å². The molecule has 0 aliphatic rings. The Bertz CT molecular complexity index is 677. The van der Waals surface area contributed by atoms with Crippen molar-refractivity contribution in [2.75, 3.05) is 0 Å². The van der Waals surface area contributed by atoms with E-state index >= 15 is 0 Å². The Morgan fingerprint density at radius 3 is 2.10 bits per heavy atom. The minimum atomic E-state index is 0.404. The van der Waals surface area contributed by atoms with Gasteiger partial charge in [0.05, 0.1) is 0 Å². The molecule has 0 N–H and O–H groups in total. The summed E-state index contributed by atoms with van der Waals surface area (Å²) in [5.74, 6) is 1.16. The molecule has 0 nitrogen and oxygen atoms in total. The minimum Gasteiger partial charge on any atom is -0.0839 e. The summed E-state index contributed by atoms with van der Waals surface area (Å²) in [5.41, 5.74) is 6.24. The maximum Gasteiger partial charge on any atom is -0.0227 e. The molecule has 0 aliphatic heterocycles. The van der Waals surface area contributed by atoms with Crippen molar-refractivity contribution in [1.82, 2.24) is 0 Å². The van der Waals surface area contributed by atoms with Crippen molar-refractivity contribution < 1.29 is 0 Å². The molecule has 0 heterocycles. The van der Waals surface area contributed by atoms with Crippen molar-refractivity contribution in [3.8, 4) is 0 Å². The summed E-state index contributed by atoms with van der Waals surface area (Å²) in [7, 11) is 0. The third-order valence-corrected chi connectivity index (χ3v) is 5.72. The molecule has 1 aromatic carbocycles. The maximum atomic E-state index is 2.41. The van der Waals surface area contributed by atoms with E-state index in [4.69, 9.17) is 0 Å². The van der Waals surface area contributed by atoms with Gasteiger partial charge in [-0.2, -0.15) is 0 Å². The van der Waals surface area contributed by atoms with E-state index in [1.165, 1.54) is 54.4 Å². The monoisotopic (exact) mass is 408 g/mol. The normalized spacial score (nSPS) is 13.8. The molecule has 0 radical (unpaired) electrons. The first kappa shape index (κ1) is 26.5. The Labute approximate surface area is 188 Å². The number of hydrogen-bond acceptors (Lipinski definition) is 0. The molecule has 0 aromatic heterocycles. The molecule has 0 unspecified atom stereocenters. The molecule has 0 bridgehead atoms. The molecule has 0 heteroatoms. The van der Waals surface area contributed by atoms with Gasteiger partial charge < -0.3 is 0 Å². The summed E-state index contributed by atoms with van der Waals surface area (Å²) in [6, 6.07) is 9.42. The fraction of sp³-hybridized carbons (Fsp3) is 0.600. The van der Waals surface area contributed by atoms with Crippen LogP contribution in [0.3, 0.4) is 0 Å². The van der Waals surface area contributed by atoms with E-state index < -0.39 is 0 Å². The Kier molecular flexibility index (Phi) is 12.1. The van der Waals surface area contributed by atoms with Crippen LogP contribution in [0.15, 0.2) is 59.7 Å². The molecule has 0 spiro atoms. The Morgan fingerprint density at radius 1 is 0.933 bits per heavy atom. The Morgan fingerprint density at radius 2 is 1.57 bits per heavy atom. The van der Waals surface area contributed by atoms with Crippen LogP contribution in [0.5, 0.6) is 0 Å². The van der Waals surface area contributed by atoms with Crippen LogP contribution < -0.4 is 0 Å². The molecule has 0 fully saturated rings. The largest absolute Gasteiger partial charge is 0.0839 e. The van der Waals surface area contributed by atoms with E-state index in [9.17, 15) is 0 Å².